The highest BCUT2D eigenvalue weighted by Crippen LogP contribution is 2.26. The van der Waals surface area contributed by atoms with E-state index in [-0.39, 0.29) is 6.61 Å². The molecule has 3 aromatic rings. The van der Waals surface area contributed by atoms with Crippen LogP contribution in [0, 0.1) is 5.41 Å². The first-order valence-electron chi connectivity index (χ1n) is 10.7. The second kappa shape index (κ2) is 9.96. The normalized spacial score (nSPS) is 12.0. The van der Waals surface area contributed by atoms with Crippen LogP contribution in [-0.4, -0.2) is 50.9 Å². The fourth-order valence-electron chi connectivity index (χ4n) is 3.63. The predicted octanol–water partition coefficient (Wildman–Crippen LogP) is 3.99. The summed E-state index contributed by atoms with van der Waals surface area (Å²) >= 11 is 0. The number of rotatable bonds is 11. The van der Waals surface area contributed by atoms with Gasteiger partial charge in [-0.05, 0) is 49.5 Å². The zero-order valence-electron chi connectivity index (χ0n) is 18.2. The SMILES string of the molecule is CCN(CCCCO)Cc1cccc(-c2cnc3[nH]cc(CC(C)(C)C=O)c3n2)c1. The number of aliphatic hydroxyl groups excluding tert-OH is 1. The van der Waals surface area contributed by atoms with Crippen molar-refractivity contribution in [3.05, 3.63) is 47.8 Å². The van der Waals surface area contributed by atoms with Gasteiger partial charge in [0.05, 0.1) is 11.9 Å². The van der Waals surface area contributed by atoms with Crippen molar-refractivity contribution in [2.24, 2.45) is 5.41 Å². The fourth-order valence-corrected chi connectivity index (χ4v) is 3.63. The van der Waals surface area contributed by atoms with Crippen LogP contribution >= 0.6 is 0 Å². The minimum atomic E-state index is -0.438. The summed E-state index contributed by atoms with van der Waals surface area (Å²) in [5.41, 5.74) is 5.24. The van der Waals surface area contributed by atoms with Crippen LogP contribution in [0.1, 0.15) is 44.7 Å². The maximum absolute atomic E-state index is 11.3. The molecule has 3 rings (SSSR count). The monoisotopic (exact) mass is 408 g/mol. The average Bonchev–Trinajstić information content (AvgIpc) is 3.14. The van der Waals surface area contributed by atoms with Gasteiger partial charge < -0.3 is 14.9 Å². The summed E-state index contributed by atoms with van der Waals surface area (Å²) in [6.45, 7) is 9.09. The molecule has 0 aliphatic rings. The lowest BCUT2D eigenvalue weighted by Gasteiger charge is -2.20. The van der Waals surface area contributed by atoms with Gasteiger partial charge in [-0.15, -0.1) is 0 Å². The van der Waals surface area contributed by atoms with Crippen molar-refractivity contribution in [2.45, 2.75) is 46.6 Å². The molecule has 0 saturated heterocycles. The number of benzene rings is 1. The molecule has 1 aromatic carbocycles. The molecule has 2 heterocycles. The number of carbonyl (C=O) groups is 1. The highest BCUT2D eigenvalue weighted by molar-refractivity contribution is 5.78. The first kappa shape index (κ1) is 22.1. The average molecular weight is 409 g/mol. The molecule has 0 aliphatic heterocycles. The summed E-state index contributed by atoms with van der Waals surface area (Å²) in [6, 6.07) is 8.43. The number of nitrogens with zero attached hydrogens (tertiary/aromatic N) is 3. The molecule has 2 aromatic heterocycles. The van der Waals surface area contributed by atoms with Gasteiger partial charge >= 0.3 is 0 Å². The third-order valence-electron chi connectivity index (χ3n) is 5.38. The maximum atomic E-state index is 11.3. The van der Waals surface area contributed by atoms with Gasteiger partial charge in [0.1, 0.15) is 11.8 Å². The first-order valence-corrected chi connectivity index (χ1v) is 10.7. The topological polar surface area (TPSA) is 82.1 Å². The predicted molar refractivity (Wildman–Crippen MR) is 120 cm³/mol. The molecule has 30 heavy (non-hydrogen) atoms. The van der Waals surface area contributed by atoms with Crippen LogP contribution in [0.2, 0.25) is 0 Å². The van der Waals surface area contributed by atoms with Crippen molar-refractivity contribution < 1.29 is 9.90 Å². The molecule has 160 valence electrons. The number of aromatic nitrogens is 3. The van der Waals surface area contributed by atoms with Crippen LogP contribution in [0.15, 0.2) is 36.7 Å². The quantitative estimate of drug-likeness (QED) is 0.370. The Bertz CT molecular complexity index is 980. The lowest BCUT2D eigenvalue weighted by atomic mass is 9.88. The Hall–Kier alpha value is -2.57. The Morgan fingerprint density at radius 1 is 1.27 bits per heavy atom. The van der Waals surface area contributed by atoms with Crippen LogP contribution in [0.4, 0.5) is 0 Å². The van der Waals surface area contributed by atoms with Crippen molar-refractivity contribution >= 4 is 17.5 Å². The van der Waals surface area contributed by atoms with Crippen LogP contribution in [0.3, 0.4) is 0 Å². The van der Waals surface area contributed by atoms with Crippen LogP contribution in [-0.2, 0) is 17.8 Å². The first-order chi connectivity index (χ1) is 14.5. The Morgan fingerprint density at radius 3 is 2.83 bits per heavy atom. The Labute approximate surface area is 178 Å². The van der Waals surface area contributed by atoms with E-state index in [0.29, 0.717) is 6.42 Å². The zero-order valence-corrected chi connectivity index (χ0v) is 18.2. The van der Waals surface area contributed by atoms with Crippen molar-refractivity contribution in [3.63, 3.8) is 0 Å². The van der Waals surface area contributed by atoms with Gasteiger partial charge in [-0.1, -0.05) is 39.0 Å². The molecule has 6 nitrogen and oxygen atoms in total. The second-order valence-corrected chi connectivity index (χ2v) is 8.55. The minimum Gasteiger partial charge on any atom is -0.396 e. The molecule has 6 heteroatoms. The number of carbonyl (C=O) groups excluding carboxylic acids is 1. The number of hydrogen-bond donors (Lipinski definition) is 2. The van der Waals surface area contributed by atoms with E-state index in [0.717, 1.165) is 66.7 Å². The molecular weight excluding hydrogens is 376 g/mol. The molecule has 2 N–H and O–H groups in total. The number of aromatic amines is 1. The van der Waals surface area contributed by atoms with Crippen LogP contribution in [0.5, 0.6) is 0 Å². The smallest absolute Gasteiger partial charge is 0.156 e. The van der Waals surface area contributed by atoms with E-state index < -0.39 is 5.41 Å². The molecular formula is C24H32N4O2. The standard InChI is InChI=1S/C24H32N4O2/c1-4-28(10-5-6-11-29)16-18-8-7-9-19(12-18)21-15-26-23-22(27-21)20(14-25-23)13-24(2,3)17-30/h7-9,12,14-15,17,29H,4-6,10-11,13,16H2,1-3H3,(H,25,26). The minimum absolute atomic E-state index is 0.249. The van der Waals surface area contributed by atoms with E-state index in [4.69, 9.17) is 10.1 Å². The Kier molecular flexibility index (Phi) is 7.34. The van der Waals surface area contributed by atoms with Crippen molar-refractivity contribution in [3.8, 4) is 11.3 Å². The summed E-state index contributed by atoms with van der Waals surface area (Å²) < 4.78 is 0. The van der Waals surface area contributed by atoms with Gasteiger partial charge in [-0.25, -0.2) is 9.97 Å². The number of hydrogen-bond acceptors (Lipinski definition) is 5. The zero-order chi connectivity index (χ0) is 21.6. The molecule has 0 radical (unpaired) electrons. The third-order valence-corrected chi connectivity index (χ3v) is 5.38. The van der Waals surface area contributed by atoms with Gasteiger partial charge in [0.15, 0.2) is 5.65 Å². The Morgan fingerprint density at radius 2 is 2.10 bits per heavy atom. The number of unbranched alkanes of at least 4 members (excludes halogenated alkanes) is 1. The number of fused-ring (bicyclic) bond motifs is 1. The van der Waals surface area contributed by atoms with E-state index in [9.17, 15) is 4.79 Å². The largest absolute Gasteiger partial charge is 0.396 e. The molecule has 0 atom stereocenters. The Balaban J connectivity index is 1.83. The highest BCUT2D eigenvalue weighted by atomic mass is 16.2. The number of aliphatic hydroxyl groups is 1. The van der Waals surface area contributed by atoms with E-state index in [1.807, 2.05) is 20.0 Å². The van der Waals surface area contributed by atoms with Crippen molar-refractivity contribution in [1.29, 1.82) is 0 Å². The lowest BCUT2D eigenvalue weighted by molar-refractivity contribution is -0.114. The van der Waals surface area contributed by atoms with Crippen molar-refractivity contribution in [2.75, 3.05) is 19.7 Å². The van der Waals surface area contributed by atoms with E-state index in [2.05, 4.69) is 46.1 Å². The second-order valence-electron chi connectivity index (χ2n) is 8.55. The van der Waals surface area contributed by atoms with Gasteiger partial charge in [0.2, 0.25) is 0 Å². The maximum Gasteiger partial charge on any atom is 0.156 e. The van der Waals surface area contributed by atoms with E-state index in [1.165, 1.54) is 5.56 Å². The highest BCUT2D eigenvalue weighted by Gasteiger charge is 2.20. The van der Waals surface area contributed by atoms with Gasteiger partial charge in [-0.3, -0.25) is 4.90 Å². The van der Waals surface area contributed by atoms with Crippen molar-refractivity contribution in [1.82, 2.24) is 19.9 Å². The summed E-state index contributed by atoms with van der Waals surface area (Å²) in [5.74, 6) is 0. The molecule has 0 bridgehead atoms. The van der Waals surface area contributed by atoms with E-state index in [1.54, 1.807) is 6.20 Å². The van der Waals surface area contributed by atoms with Gasteiger partial charge in [0, 0.05) is 30.3 Å². The molecule has 0 unspecified atom stereocenters. The van der Waals surface area contributed by atoms with Crippen LogP contribution < -0.4 is 0 Å². The summed E-state index contributed by atoms with van der Waals surface area (Å²) in [4.78, 5) is 26.3. The van der Waals surface area contributed by atoms with Gasteiger partial charge in [-0.2, -0.15) is 0 Å². The fraction of sp³-hybridized carbons (Fsp3) is 0.458. The van der Waals surface area contributed by atoms with E-state index >= 15 is 0 Å². The lowest BCUT2D eigenvalue weighted by Crippen LogP contribution is -2.24. The molecule has 0 saturated carbocycles. The summed E-state index contributed by atoms with van der Waals surface area (Å²) in [7, 11) is 0. The molecule has 0 aliphatic carbocycles. The molecule has 0 fully saturated rings. The number of nitrogens with one attached hydrogen (secondary N) is 1. The number of H-pyrrole nitrogens is 1. The summed E-state index contributed by atoms with van der Waals surface area (Å²) in [5, 5.41) is 9.01. The van der Waals surface area contributed by atoms with Crippen LogP contribution in [0.25, 0.3) is 22.4 Å². The number of aldehydes is 1. The molecule has 0 spiro atoms. The molecule has 0 amide bonds. The van der Waals surface area contributed by atoms with Gasteiger partial charge in [0.25, 0.3) is 0 Å². The third kappa shape index (κ3) is 5.52. The summed E-state index contributed by atoms with van der Waals surface area (Å²) in [6.07, 6.45) is 7.15.